The third-order valence-corrected chi connectivity index (χ3v) is 1.35. The summed E-state index contributed by atoms with van der Waals surface area (Å²) in [6, 6.07) is 2.02. The van der Waals surface area contributed by atoms with E-state index in [0.29, 0.717) is 11.5 Å². The van der Waals surface area contributed by atoms with E-state index >= 15 is 0 Å². The van der Waals surface area contributed by atoms with E-state index in [9.17, 15) is 0 Å². The second kappa shape index (κ2) is 3.26. The SMILES string of the molecule is C=C(C#N)[C@@H](C)CC. The molecule has 0 saturated heterocycles. The second-order valence-corrected chi connectivity index (χ2v) is 1.95. The van der Waals surface area contributed by atoms with Crippen LogP contribution in [0.4, 0.5) is 0 Å². The van der Waals surface area contributed by atoms with Crippen LogP contribution in [0.1, 0.15) is 20.3 Å². The van der Waals surface area contributed by atoms with Crippen LogP contribution < -0.4 is 0 Å². The molecule has 8 heavy (non-hydrogen) atoms. The number of hydrogen-bond donors (Lipinski definition) is 0. The van der Waals surface area contributed by atoms with Crippen LogP contribution in [0.15, 0.2) is 12.2 Å². The standard InChI is InChI=1S/C7H11N/c1-4-6(2)7(3)5-8/h6H,3-4H2,1-2H3/t6-/m0/s1. The number of nitrogens with zero attached hydrogens (tertiary/aromatic N) is 1. The molecular formula is C7H11N. The average Bonchev–Trinajstić information content (AvgIpc) is 1.84. The molecule has 0 N–H and O–H groups in total. The smallest absolute Gasteiger partial charge is 0.0943 e. The number of hydrogen-bond acceptors (Lipinski definition) is 1. The van der Waals surface area contributed by atoms with Crippen molar-refractivity contribution >= 4 is 0 Å². The highest BCUT2D eigenvalue weighted by atomic mass is 14.2. The Kier molecular flexibility index (Phi) is 2.95. The van der Waals surface area contributed by atoms with Gasteiger partial charge >= 0.3 is 0 Å². The molecule has 0 fully saturated rings. The maximum Gasteiger partial charge on any atom is 0.0943 e. The third kappa shape index (κ3) is 1.79. The van der Waals surface area contributed by atoms with Gasteiger partial charge in [-0.25, -0.2) is 0 Å². The van der Waals surface area contributed by atoms with Gasteiger partial charge < -0.3 is 0 Å². The summed E-state index contributed by atoms with van der Waals surface area (Å²) < 4.78 is 0. The van der Waals surface area contributed by atoms with Gasteiger partial charge in [0.15, 0.2) is 0 Å². The second-order valence-electron chi connectivity index (χ2n) is 1.95. The predicted molar refractivity (Wildman–Crippen MR) is 34.2 cm³/mol. The van der Waals surface area contributed by atoms with E-state index < -0.39 is 0 Å². The molecule has 44 valence electrons. The fourth-order valence-electron chi connectivity index (χ4n) is 0.357. The molecule has 0 spiro atoms. The molecule has 0 aliphatic carbocycles. The first kappa shape index (κ1) is 7.23. The van der Waals surface area contributed by atoms with Crippen molar-refractivity contribution in [2.24, 2.45) is 5.92 Å². The summed E-state index contributed by atoms with van der Waals surface area (Å²) in [5, 5.41) is 8.29. The van der Waals surface area contributed by atoms with Crippen LogP contribution in [0.25, 0.3) is 0 Å². The monoisotopic (exact) mass is 109 g/mol. The van der Waals surface area contributed by atoms with Crippen molar-refractivity contribution in [2.45, 2.75) is 20.3 Å². The Hall–Kier alpha value is -0.770. The summed E-state index contributed by atoms with van der Waals surface area (Å²) in [4.78, 5) is 0. The van der Waals surface area contributed by atoms with E-state index in [2.05, 4.69) is 6.58 Å². The van der Waals surface area contributed by atoms with Gasteiger partial charge in [-0.3, -0.25) is 0 Å². The Morgan fingerprint density at radius 1 is 1.88 bits per heavy atom. The van der Waals surface area contributed by atoms with Crippen molar-refractivity contribution in [3.05, 3.63) is 12.2 Å². The lowest BCUT2D eigenvalue weighted by atomic mass is 10.0. The molecule has 0 saturated carbocycles. The quantitative estimate of drug-likeness (QED) is 0.498. The van der Waals surface area contributed by atoms with Gasteiger partial charge in [-0.15, -0.1) is 0 Å². The van der Waals surface area contributed by atoms with Crippen LogP contribution in [0.3, 0.4) is 0 Å². The van der Waals surface area contributed by atoms with Crippen molar-refractivity contribution in [2.75, 3.05) is 0 Å². The van der Waals surface area contributed by atoms with Gasteiger partial charge in [0, 0.05) is 5.57 Å². The molecule has 0 aromatic heterocycles. The molecule has 0 radical (unpaired) electrons. The van der Waals surface area contributed by atoms with Crippen LogP contribution in [-0.2, 0) is 0 Å². The topological polar surface area (TPSA) is 23.8 Å². The normalized spacial score (nSPS) is 12.1. The highest BCUT2D eigenvalue weighted by molar-refractivity contribution is 5.18. The predicted octanol–water partition coefficient (Wildman–Crippen LogP) is 2.11. The zero-order valence-corrected chi connectivity index (χ0v) is 5.44. The van der Waals surface area contributed by atoms with E-state index in [4.69, 9.17) is 5.26 Å². The average molecular weight is 109 g/mol. The number of nitriles is 1. The van der Waals surface area contributed by atoms with Gasteiger partial charge in [-0.2, -0.15) is 5.26 Å². The molecule has 0 bridgehead atoms. The summed E-state index contributed by atoms with van der Waals surface area (Å²) in [5.41, 5.74) is 0.688. The third-order valence-electron chi connectivity index (χ3n) is 1.35. The van der Waals surface area contributed by atoms with Gasteiger partial charge in [0.2, 0.25) is 0 Å². The van der Waals surface area contributed by atoms with Crippen LogP contribution in [0, 0.1) is 17.2 Å². The van der Waals surface area contributed by atoms with E-state index in [-0.39, 0.29) is 0 Å². The molecule has 0 heterocycles. The molecule has 1 heteroatoms. The van der Waals surface area contributed by atoms with Gasteiger partial charge in [0.05, 0.1) is 6.07 Å². The van der Waals surface area contributed by atoms with Crippen molar-refractivity contribution < 1.29 is 0 Å². The van der Waals surface area contributed by atoms with Crippen molar-refractivity contribution in [3.63, 3.8) is 0 Å². The lowest BCUT2D eigenvalue weighted by Crippen LogP contribution is -1.92. The number of allylic oxidation sites excluding steroid dienone is 1. The van der Waals surface area contributed by atoms with E-state index in [1.54, 1.807) is 0 Å². The Bertz CT molecular complexity index is 119. The summed E-state index contributed by atoms with van der Waals surface area (Å²) >= 11 is 0. The van der Waals surface area contributed by atoms with Gasteiger partial charge in [0.1, 0.15) is 0 Å². The summed E-state index contributed by atoms with van der Waals surface area (Å²) in [6.07, 6.45) is 1.01. The zero-order valence-electron chi connectivity index (χ0n) is 5.44. The first-order valence-corrected chi connectivity index (χ1v) is 2.81. The molecule has 0 rings (SSSR count). The fraction of sp³-hybridized carbons (Fsp3) is 0.571. The first-order valence-electron chi connectivity index (χ1n) is 2.81. The van der Waals surface area contributed by atoms with Crippen LogP contribution in [0.2, 0.25) is 0 Å². The minimum atomic E-state index is 0.361. The molecule has 0 unspecified atom stereocenters. The molecule has 1 atom stereocenters. The Balaban J connectivity index is 3.68. The molecular weight excluding hydrogens is 98.1 g/mol. The lowest BCUT2D eigenvalue weighted by Gasteiger charge is -2.01. The Morgan fingerprint density at radius 2 is 2.38 bits per heavy atom. The van der Waals surface area contributed by atoms with Crippen molar-refractivity contribution in [1.29, 1.82) is 5.26 Å². The fourth-order valence-corrected chi connectivity index (χ4v) is 0.357. The van der Waals surface area contributed by atoms with Crippen LogP contribution in [-0.4, -0.2) is 0 Å². The minimum Gasteiger partial charge on any atom is -0.193 e. The highest BCUT2D eigenvalue weighted by Crippen LogP contribution is 2.09. The maximum atomic E-state index is 8.29. The largest absolute Gasteiger partial charge is 0.193 e. The minimum absolute atomic E-state index is 0.361. The molecule has 1 nitrogen and oxygen atoms in total. The van der Waals surface area contributed by atoms with Crippen LogP contribution >= 0.6 is 0 Å². The first-order chi connectivity index (χ1) is 3.72. The summed E-state index contributed by atoms with van der Waals surface area (Å²) in [6.45, 7) is 7.64. The zero-order chi connectivity index (χ0) is 6.57. The Labute approximate surface area is 50.6 Å². The van der Waals surface area contributed by atoms with Gasteiger partial charge in [-0.1, -0.05) is 20.4 Å². The van der Waals surface area contributed by atoms with E-state index in [0.717, 1.165) is 6.42 Å². The maximum absolute atomic E-state index is 8.29. The summed E-state index contributed by atoms with van der Waals surface area (Å²) in [5.74, 6) is 0.361. The lowest BCUT2D eigenvalue weighted by molar-refractivity contribution is 0.675. The van der Waals surface area contributed by atoms with Crippen molar-refractivity contribution in [3.8, 4) is 6.07 Å². The van der Waals surface area contributed by atoms with Gasteiger partial charge in [-0.05, 0) is 12.3 Å². The summed E-state index contributed by atoms with van der Waals surface area (Å²) in [7, 11) is 0. The molecule has 0 aromatic carbocycles. The Morgan fingerprint density at radius 3 is 2.50 bits per heavy atom. The van der Waals surface area contributed by atoms with Crippen LogP contribution in [0.5, 0.6) is 0 Å². The molecule has 0 aliphatic heterocycles. The number of rotatable bonds is 2. The van der Waals surface area contributed by atoms with E-state index in [1.807, 2.05) is 19.9 Å². The van der Waals surface area contributed by atoms with Gasteiger partial charge in [0.25, 0.3) is 0 Å². The highest BCUT2D eigenvalue weighted by Gasteiger charge is 1.99. The van der Waals surface area contributed by atoms with Crippen molar-refractivity contribution in [1.82, 2.24) is 0 Å². The van der Waals surface area contributed by atoms with E-state index in [1.165, 1.54) is 0 Å². The molecule has 0 amide bonds. The molecule has 0 aromatic rings. The molecule has 0 aliphatic rings.